The number of hydrogen-bond acceptors (Lipinski definition) is 3. The molecule has 0 bridgehead atoms. The zero-order chi connectivity index (χ0) is 16.2. The Morgan fingerprint density at radius 2 is 2.13 bits per heavy atom. The van der Waals surface area contributed by atoms with Crippen molar-refractivity contribution in [1.29, 1.82) is 0 Å². The van der Waals surface area contributed by atoms with Crippen molar-refractivity contribution in [2.45, 2.75) is 45.7 Å². The van der Waals surface area contributed by atoms with Crippen LogP contribution < -0.4 is 0 Å². The average molecular weight is 312 g/mol. The Labute approximate surface area is 137 Å². The topological polar surface area (TPSA) is 51.0 Å². The van der Waals surface area contributed by atoms with E-state index in [2.05, 4.69) is 41.4 Å². The number of carbonyl (C=O) groups excluding carboxylic acids is 1. The number of aromatic nitrogens is 3. The van der Waals surface area contributed by atoms with Crippen molar-refractivity contribution in [2.75, 3.05) is 7.05 Å². The Balaban J connectivity index is 1.65. The summed E-state index contributed by atoms with van der Waals surface area (Å²) in [5, 5.41) is 8.13. The second-order valence-corrected chi connectivity index (χ2v) is 6.34. The molecular weight excluding hydrogens is 288 g/mol. The van der Waals surface area contributed by atoms with Crippen molar-refractivity contribution in [3.63, 3.8) is 0 Å². The first-order chi connectivity index (χ1) is 11.2. The van der Waals surface area contributed by atoms with Crippen LogP contribution in [0.3, 0.4) is 0 Å². The number of amides is 1. The molecule has 0 N–H and O–H groups in total. The van der Waals surface area contributed by atoms with Gasteiger partial charge in [0.15, 0.2) is 5.82 Å². The van der Waals surface area contributed by atoms with Gasteiger partial charge >= 0.3 is 0 Å². The van der Waals surface area contributed by atoms with Crippen molar-refractivity contribution in [2.24, 2.45) is 5.92 Å². The van der Waals surface area contributed by atoms with E-state index in [0.29, 0.717) is 6.54 Å². The maximum atomic E-state index is 12.8. The monoisotopic (exact) mass is 312 g/mol. The van der Waals surface area contributed by atoms with Gasteiger partial charge in [-0.1, -0.05) is 31.2 Å². The molecule has 3 rings (SSSR count). The van der Waals surface area contributed by atoms with Gasteiger partial charge in [-0.05, 0) is 36.8 Å². The van der Waals surface area contributed by atoms with Gasteiger partial charge in [0.25, 0.3) is 0 Å². The van der Waals surface area contributed by atoms with E-state index in [1.54, 1.807) is 11.2 Å². The van der Waals surface area contributed by atoms with Crippen LogP contribution in [-0.4, -0.2) is 32.6 Å². The number of rotatable bonds is 5. The summed E-state index contributed by atoms with van der Waals surface area (Å²) in [5.74, 6) is 1.15. The van der Waals surface area contributed by atoms with Crippen molar-refractivity contribution in [1.82, 2.24) is 19.7 Å². The summed E-state index contributed by atoms with van der Waals surface area (Å²) in [6.45, 7) is 3.54. The average Bonchev–Trinajstić information content (AvgIpc) is 3.01. The van der Waals surface area contributed by atoms with E-state index in [4.69, 9.17) is 0 Å². The van der Waals surface area contributed by atoms with Crippen LogP contribution in [0.15, 0.2) is 30.6 Å². The van der Waals surface area contributed by atoms with Crippen LogP contribution in [0, 0.1) is 5.92 Å². The fourth-order valence-corrected chi connectivity index (χ4v) is 3.34. The van der Waals surface area contributed by atoms with E-state index in [-0.39, 0.29) is 11.8 Å². The molecule has 1 heterocycles. The normalized spacial score (nSPS) is 16.9. The minimum Gasteiger partial charge on any atom is -0.338 e. The molecule has 1 aliphatic rings. The van der Waals surface area contributed by atoms with Crippen LogP contribution >= 0.6 is 0 Å². The number of aryl methyl sites for hydroxylation is 2. The molecule has 0 spiro atoms. The predicted molar refractivity (Wildman–Crippen MR) is 88.7 cm³/mol. The summed E-state index contributed by atoms with van der Waals surface area (Å²) in [6, 6.07) is 8.45. The first-order valence-electron chi connectivity index (χ1n) is 8.37. The summed E-state index contributed by atoms with van der Waals surface area (Å²) >= 11 is 0. The largest absolute Gasteiger partial charge is 0.338 e. The Morgan fingerprint density at radius 1 is 1.35 bits per heavy atom. The molecule has 5 heteroatoms. The van der Waals surface area contributed by atoms with Gasteiger partial charge in [0.2, 0.25) is 5.91 Å². The molecule has 122 valence electrons. The van der Waals surface area contributed by atoms with Gasteiger partial charge < -0.3 is 9.47 Å². The number of hydrogen-bond donors (Lipinski definition) is 0. The summed E-state index contributed by atoms with van der Waals surface area (Å²) in [7, 11) is 1.87. The molecule has 0 saturated carbocycles. The number of nitrogens with zero attached hydrogens (tertiary/aromatic N) is 4. The molecule has 0 aliphatic heterocycles. The van der Waals surface area contributed by atoms with Crippen LogP contribution in [0.5, 0.6) is 0 Å². The first kappa shape index (κ1) is 15.7. The molecule has 1 amide bonds. The van der Waals surface area contributed by atoms with Crippen LogP contribution in [0.4, 0.5) is 0 Å². The zero-order valence-corrected chi connectivity index (χ0v) is 13.9. The lowest BCUT2D eigenvalue weighted by atomic mass is 9.83. The van der Waals surface area contributed by atoms with E-state index in [9.17, 15) is 4.79 Å². The Kier molecular flexibility index (Phi) is 4.74. The maximum absolute atomic E-state index is 12.8. The van der Waals surface area contributed by atoms with Crippen LogP contribution in [0.1, 0.15) is 36.7 Å². The van der Waals surface area contributed by atoms with Crippen molar-refractivity contribution in [3.05, 3.63) is 47.5 Å². The standard InChI is InChI=1S/C18H24N4O/c1-3-10-22-13-19-20-17(22)12-21(2)18(23)16-9-8-14-6-4-5-7-15(14)11-16/h4-7,13,16H,3,8-12H2,1-2H3. The van der Waals surface area contributed by atoms with Crippen molar-refractivity contribution < 1.29 is 4.79 Å². The van der Waals surface area contributed by atoms with E-state index >= 15 is 0 Å². The van der Waals surface area contributed by atoms with Crippen molar-refractivity contribution >= 4 is 5.91 Å². The number of carbonyl (C=O) groups is 1. The molecule has 0 fully saturated rings. The summed E-state index contributed by atoms with van der Waals surface area (Å²) in [5.41, 5.74) is 2.71. The van der Waals surface area contributed by atoms with Gasteiger partial charge in [0, 0.05) is 19.5 Å². The molecule has 1 atom stereocenters. The van der Waals surface area contributed by atoms with Gasteiger partial charge in [0.1, 0.15) is 6.33 Å². The molecule has 23 heavy (non-hydrogen) atoms. The molecule has 0 radical (unpaired) electrons. The van der Waals surface area contributed by atoms with E-state index in [0.717, 1.165) is 38.1 Å². The highest BCUT2D eigenvalue weighted by Crippen LogP contribution is 2.26. The summed E-state index contributed by atoms with van der Waals surface area (Å²) < 4.78 is 2.03. The lowest BCUT2D eigenvalue weighted by molar-refractivity contribution is -0.135. The van der Waals surface area contributed by atoms with Crippen molar-refractivity contribution in [3.8, 4) is 0 Å². The van der Waals surface area contributed by atoms with Crippen LogP contribution in [-0.2, 0) is 30.7 Å². The van der Waals surface area contributed by atoms with Crippen LogP contribution in [0.2, 0.25) is 0 Å². The highest BCUT2D eigenvalue weighted by Gasteiger charge is 2.27. The quantitative estimate of drug-likeness (QED) is 0.852. The number of fused-ring (bicyclic) bond motifs is 1. The fraction of sp³-hybridized carbons (Fsp3) is 0.500. The van der Waals surface area contributed by atoms with Gasteiger partial charge in [0.05, 0.1) is 6.54 Å². The molecule has 1 unspecified atom stereocenters. The minimum atomic E-state index is 0.0810. The Morgan fingerprint density at radius 3 is 2.91 bits per heavy atom. The second kappa shape index (κ2) is 6.94. The van der Waals surface area contributed by atoms with Gasteiger partial charge in [-0.2, -0.15) is 0 Å². The molecule has 0 saturated heterocycles. The molecule has 1 aromatic carbocycles. The Hall–Kier alpha value is -2.17. The smallest absolute Gasteiger partial charge is 0.226 e. The molecule has 1 aromatic heterocycles. The third-order valence-electron chi connectivity index (χ3n) is 4.61. The molecule has 5 nitrogen and oxygen atoms in total. The summed E-state index contributed by atoms with van der Waals surface area (Å²) in [6.07, 6.45) is 5.55. The predicted octanol–water partition coefficient (Wildman–Crippen LogP) is 2.45. The van der Waals surface area contributed by atoms with E-state index in [1.165, 1.54) is 11.1 Å². The maximum Gasteiger partial charge on any atom is 0.226 e. The summed E-state index contributed by atoms with van der Waals surface area (Å²) in [4.78, 5) is 14.6. The zero-order valence-electron chi connectivity index (χ0n) is 13.9. The van der Waals surface area contributed by atoms with Crippen LogP contribution in [0.25, 0.3) is 0 Å². The highest BCUT2D eigenvalue weighted by molar-refractivity contribution is 5.79. The van der Waals surface area contributed by atoms with Gasteiger partial charge in [-0.3, -0.25) is 4.79 Å². The first-order valence-corrected chi connectivity index (χ1v) is 8.37. The van der Waals surface area contributed by atoms with E-state index < -0.39 is 0 Å². The fourth-order valence-electron chi connectivity index (χ4n) is 3.34. The Bertz CT molecular complexity index is 679. The molecule has 1 aliphatic carbocycles. The SMILES string of the molecule is CCCn1cnnc1CN(C)C(=O)C1CCc2ccccc2C1. The highest BCUT2D eigenvalue weighted by atomic mass is 16.2. The number of benzene rings is 1. The lowest BCUT2D eigenvalue weighted by Gasteiger charge is -2.27. The molecule has 2 aromatic rings. The third kappa shape index (κ3) is 3.44. The van der Waals surface area contributed by atoms with Gasteiger partial charge in [-0.15, -0.1) is 10.2 Å². The van der Waals surface area contributed by atoms with E-state index in [1.807, 2.05) is 11.6 Å². The second-order valence-electron chi connectivity index (χ2n) is 6.34. The third-order valence-corrected chi connectivity index (χ3v) is 4.61. The minimum absolute atomic E-state index is 0.0810. The molecular formula is C18H24N4O. The lowest BCUT2D eigenvalue weighted by Crippen LogP contribution is -2.36. The van der Waals surface area contributed by atoms with Gasteiger partial charge in [-0.25, -0.2) is 0 Å².